The lowest BCUT2D eigenvalue weighted by molar-refractivity contribution is -0.138. The van der Waals surface area contributed by atoms with E-state index in [0.717, 1.165) is 25.1 Å². The smallest absolute Gasteiger partial charge is 0.303 e. The largest absolute Gasteiger partial charge is 0.481 e. The van der Waals surface area contributed by atoms with Gasteiger partial charge in [-0.3, -0.25) is 9.48 Å². The van der Waals surface area contributed by atoms with Gasteiger partial charge in [-0.25, -0.2) is 0 Å². The van der Waals surface area contributed by atoms with Crippen molar-refractivity contribution in [3.8, 4) is 0 Å². The number of aryl methyl sites for hydroxylation is 2. The third-order valence-corrected chi connectivity index (χ3v) is 2.69. The van der Waals surface area contributed by atoms with E-state index in [1.54, 1.807) is 0 Å². The van der Waals surface area contributed by atoms with Crippen molar-refractivity contribution in [3.63, 3.8) is 0 Å². The number of fused-ring (bicyclic) bond motifs is 1. The van der Waals surface area contributed by atoms with Crippen molar-refractivity contribution in [1.82, 2.24) is 9.78 Å². The fourth-order valence-electron chi connectivity index (χ4n) is 2.06. The Hall–Kier alpha value is -1.32. The average molecular weight is 194 g/mol. The molecule has 0 amide bonds. The van der Waals surface area contributed by atoms with Crippen LogP contribution in [0.15, 0.2) is 6.07 Å². The Kier molecular flexibility index (Phi) is 2.27. The molecule has 0 spiro atoms. The van der Waals surface area contributed by atoms with E-state index in [0.29, 0.717) is 0 Å². The van der Waals surface area contributed by atoms with Gasteiger partial charge in [-0.1, -0.05) is 0 Å². The molecule has 0 radical (unpaired) electrons. The molecule has 4 heteroatoms. The summed E-state index contributed by atoms with van der Waals surface area (Å²) in [5.41, 5.74) is 2.26. The minimum atomic E-state index is -0.706. The van der Waals surface area contributed by atoms with Crippen LogP contribution in [0.5, 0.6) is 0 Å². The molecule has 0 saturated carbocycles. The molecule has 1 N–H and O–H groups in total. The third-order valence-electron chi connectivity index (χ3n) is 2.69. The number of aliphatic carboxylic acids is 1. The monoisotopic (exact) mass is 194 g/mol. The van der Waals surface area contributed by atoms with Crippen LogP contribution < -0.4 is 0 Å². The van der Waals surface area contributed by atoms with Gasteiger partial charge in [0.05, 0.1) is 5.69 Å². The van der Waals surface area contributed by atoms with E-state index in [9.17, 15) is 4.79 Å². The molecule has 2 heterocycles. The van der Waals surface area contributed by atoms with Crippen LogP contribution >= 0.6 is 0 Å². The molecule has 14 heavy (non-hydrogen) atoms. The standard InChI is InChI=1S/C10H14N2O2/c1-7-4-9-3-2-8(5-10(13)14)6-12(9)11-7/h4,8H,2-3,5-6H2,1H3,(H,13,14). The van der Waals surface area contributed by atoms with Gasteiger partial charge in [0.2, 0.25) is 0 Å². The van der Waals surface area contributed by atoms with Gasteiger partial charge in [0.25, 0.3) is 0 Å². The summed E-state index contributed by atoms with van der Waals surface area (Å²) in [5, 5.41) is 13.0. The second-order valence-corrected chi connectivity index (χ2v) is 3.96. The first-order valence-corrected chi connectivity index (χ1v) is 4.90. The lowest BCUT2D eigenvalue weighted by Gasteiger charge is -2.21. The average Bonchev–Trinajstić information content (AvgIpc) is 2.42. The molecule has 1 aromatic rings. The summed E-state index contributed by atoms with van der Waals surface area (Å²) in [6.45, 7) is 2.73. The molecule has 0 fully saturated rings. The van der Waals surface area contributed by atoms with Crippen LogP contribution in [0.2, 0.25) is 0 Å². The van der Waals surface area contributed by atoms with Crippen molar-refractivity contribution in [2.75, 3.05) is 0 Å². The molecule has 1 unspecified atom stereocenters. The maximum atomic E-state index is 10.6. The Morgan fingerprint density at radius 3 is 3.29 bits per heavy atom. The lowest BCUT2D eigenvalue weighted by atomic mass is 9.95. The molecule has 1 aromatic heterocycles. The van der Waals surface area contributed by atoms with Gasteiger partial charge < -0.3 is 5.11 Å². The zero-order valence-electron chi connectivity index (χ0n) is 8.23. The van der Waals surface area contributed by atoms with E-state index in [2.05, 4.69) is 11.2 Å². The van der Waals surface area contributed by atoms with Gasteiger partial charge >= 0.3 is 5.97 Å². The van der Waals surface area contributed by atoms with Gasteiger partial charge in [0.1, 0.15) is 0 Å². The zero-order chi connectivity index (χ0) is 10.1. The lowest BCUT2D eigenvalue weighted by Crippen LogP contribution is -2.22. The molecule has 1 atom stereocenters. The highest BCUT2D eigenvalue weighted by atomic mass is 16.4. The quantitative estimate of drug-likeness (QED) is 0.770. The molecule has 0 aromatic carbocycles. The number of carbonyl (C=O) groups is 1. The van der Waals surface area contributed by atoms with Crippen LogP contribution in [0, 0.1) is 12.8 Å². The molecule has 1 aliphatic heterocycles. The van der Waals surface area contributed by atoms with Crippen LogP contribution in [0.1, 0.15) is 24.2 Å². The summed E-state index contributed by atoms with van der Waals surface area (Å²) in [6.07, 6.45) is 2.19. The number of carboxylic acid groups (broad SMARTS) is 1. The van der Waals surface area contributed by atoms with E-state index in [1.165, 1.54) is 5.69 Å². The molecular weight excluding hydrogens is 180 g/mol. The molecule has 1 aliphatic rings. The van der Waals surface area contributed by atoms with Gasteiger partial charge in [-0.2, -0.15) is 5.10 Å². The van der Waals surface area contributed by atoms with Gasteiger partial charge in [0.15, 0.2) is 0 Å². The topological polar surface area (TPSA) is 55.1 Å². The summed E-state index contributed by atoms with van der Waals surface area (Å²) in [4.78, 5) is 10.6. The molecule has 4 nitrogen and oxygen atoms in total. The maximum Gasteiger partial charge on any atom is 0.303 e. The van der Waals surface area contributed by atoms with Crippen molar-refractivity contribution >= 4 is 5.97 Å². The fourth-order valence-corrected chi connectivity index (χ4v) is 2.06. The first-order valence-electron chi connectivity index (χ1n) is 4.90. The van der Waals surface area contributed by atoms with Gasteiger partial charge in [-0.05, 0) is 31.7 Å². The van der Waals surface area contributed by atoms with Crippen LogP contribution in [0.3, 0.4) is 0 Å². The molecular formula is C10H14N2O2. The second-order valence-electron chi connectivity index (χ2n) is 3.96. The van der Waals surface area contributed by atoms with Crippen molar-refractivity contribution in [3.05, 3.63) is 17.5 Å². The number of hydrogen-bond acceptors (Lipinski definition) is 2. The fraction of sp³-hybridized carbons (Fsp3) is 0.600. The Morgan fingerprint density at radius 2 is 2.57 bits per heavy atom. The van der Waals surface area contributed by atoms with Crippen molar-refractivity contribution in [1.29, 1.82) is 0 Å². The minimum absolute atomic E-state index is 0.249. The zero-order valence-corrected chi connectivity index (χ0v) is 8.23. The van der Waals surface area contributed by atoms with Crippen LogP contribution in [0.4, 0.5) is 0 Å². The highest BCUT2D eigenvalue weighted by Gasteiger charge is 2.21. The summed E-state index contributed by atoms with van der Waals surface area (Å²) in [7, 11) is 0. The SMILES string of the molecule is Cc1cc2n(n1)CC(CC(=O)O)CC2. The number of rotatable bonds is 2. The van der Waals surface area contributed by atoms with Crippen molar-refractivity contribution in [2.24, 2.45) is 5.92 Å². The molecule has 2 rings (SSSR count). The highest BCUT2D eigenvalue weighted by Crippen LogP contribution is 2.22. The number of aromatic nitrogens is 2. The van der Waals surface area contributed by atoms with Gasteiger partial charge in [-0.15, -0.1) is 0 Å². The minimum Gasteiger partial charge on any atom is -0.481 e. The molecule has 76 valence electrons. The predicted octanol–water partition coefficient (Wildman–Crippen LogP) is 1.23. The van der Waals surface area contributed by atoms with Crippen LogP contribution in [0.25, 0.3) is 0 Å². The molecule has 0 saturated heterocycles. The van der Waals surface area contributed by atoms with E-state index >= 15 is 0 Å². The van der Waals surface area contributed by atoms with Crippen molar-refractivity contribution in [2.45, 2.75) is 32.7 Å². The highest BCUT2D eigenvalue weighted by molar-refractivity contribution is 5.67. The second kappa shape index (κ2) is 3.44. The maximum absolute atomic E-state index is 10.6. The Labute approximate surface area is 82.5 Å². The molecule has 0 bridgehead atoms. The number of carboxylic acids is 1. The summed E-state index contributed by atoms with van der Waals surface area (Å²) < 4.78 is 1.95. The van der Waals surface area contributed by atoms with E-state index < -0.39 is 5.97 Å². The molecule has 0 aliphatic carbocycles. The normalized spacial score (nSPS) is 20.5. The van der Waals surface area contributed by atoms with E-state index in [4.69, 9.17) is 5.11 Å². The summed E-state index contributed by atoms with van der Waals surface area (Å²) >= 11 is 0. The van der Waals surface area contributed by atoms with E-state index in [-0.39, 0.29) is 12.3 Å². The number of hydrogen-bond donors (Lipinski definition) is 1. The Bertz CT molecular complexity index is 357. The first kappa shape index (κ1) is 9.24. The van der Waals surface area contributed by atoms with Gasteiger partial charge in [0, 0.05) is 18.7 Å². The summed E-state index contributed by atoms with van der Waals surface area (Å²) in [6, 6.07) is 2.08. The van der Waals surface area contributed by atoms with Crippen molar-refractivity contribution < 1.29 is 9.90 Å². The van der Waals surface area contributed by atoms with Crippen LogP contribution in [-0.2, 0) is 17.8 Å². The first-order chi connectivity index (χ1) is 6.65. The predicted molar refractivity (Wildman–Crippen MR) is 51.0 cm³/mol. The third kappa shape index (κ3) is 1.78. The van der Waals surface area contributed by atoms with Crippen LogP contribution in [-0.4, -0.2) is 20.9 Å². The Balaban J connectivity index is 2.09. The number of nitrogens with zero attached hydrogens (tertiary/aromatic N) is 2. The van der Waals surface area contributed by atoms with E-state index in [1.807, 2.05) is 11.6 Å². The summed E-state index contributed by atoms with van der Waals surface area (Å²) in [5.74, 6) is -0.457. The Morgan fingerprint density at radius 1 is 1.79 bits per heavy atom.